The van der Waals surface area contributed by atoms with Crippen molar-refractivity contribution < 1.29 is 9.53 Å². The summed E-state index contributed by atoms with van der Waals surface area (Å²) in [5.74, 6) is 0.567. The molecule has 2 saturated heterocycles. The molecule has 0 atom stereocenters. The average molecular weight is 362 g/mol. The standard InChI is InChI=1S/C16H16BrN3O2/c17-12-3-1-11(2-4-12)13-5-14(20-19-13)15(21)18-9-16-6-10(7-16)8-22-16/h1-5,10H,6-9H2,(H,18,21)(H,19,20). The molecule has 1 aliphatic carbocycles. The number of benzene rings is 1. The lowest BCUT2D eigenvalue weighted by molar-refractivity contribution is 0.00323. The Balaban J connectivity index is 1.42. The molecule has 3 fully saturated rings. The first-order valence-electron chi connectivity index (χ1n) is 7.37. The Bertz CT molecular complexity index is 699. The second-order valence-corrected chi connectivity index (χ2v) is 7.04. The fraction of sp³-hybridized carbons (Fsp3) is 0.375. The fourth-order valence-corrected chi connectivity index (χ4v) is 3.53. The monoisotopic (exact) mass is 361 g/mol. The van der Waals surface area contributed by atoms with Crippen molar-refractivity contribution in [1.82, 2.24) is 15.5 Å². The van der Waals surface area contributed by atoms with Crippen LogP contribution in [0.2, 0.25) is 0 Å². The first-order chi connectivity index (χ1) is 10.6. The van der Waals surface area contributed by atoms with Crippen LogP contribution in [0.1, 0.15) is 23.3 Å². The lowest BCUT2D eigenvalue weighted by atomic mass is 9.74. The van der Waals surface area contributed by atoms with Crippen LogP contribution in [0.3, 0.4) is 0 Å². The maximum Gasteiger partial charge on any atom is 0.269 e. The summed E-state index contributed by atoms with van der Waals surface area (Å²) < 4.78 is 6.75. The second kappa shape index (κ2) is 5.21. The van der Waals surface area contributed by atoms with Gasteiger partial charge >= 0.3 is 0 Å². The number of ether oxygens (including phenoxy) is 1. The van der Waals surface area contributed by atoms with E-state index in [2.05, 4.69) is 31.4 Å². The van der Waals surface area contributed by atoms with E-state index in [4.69, 9.17) is 4.74 Å². The third kappa shape index (κ3) is 2.46. The van der Waals surface area contributed by atoms with Gasteiger partial charge in [0.25, 0.3) is 5.91 Å². The fourth-order valence-electron chi connectivity index (χ4n) is 3.26. The van der Waals surface area contributed by atoms with E-state index in [0.717, 1.165) is 35.2 Å². The molecule has 2 N–H and O–H groups in total. The van der Waals surface area contributed by atoms with Gasteiger partial charge in [0, 0.05) is 16.6 Å². The second-order valence-electron chi connectivity index (χ2n) is 6.12. The molecular weight excluding hydrogens is 346 g/mol. The summed E-state index contributed by atoms with van der Waals surface area (Å²) >= 11 is 3.40. The van der Waals surface area contributed by atoms with Crippen LogP contribution in [0, 0.1) is 5.92 Å². The first kappa shape index (κ1) is 14.0. The van der Waals surface area contributed by atoms with E-state index < -0.39 is 0 Å². The number of carbonyl (C=O) groups excluding carboxylic acids is 1. The van der Waals surface area contributed by atoms with Gasteiger partial charge in [-0.2, -0.15) is 5.10 Å². The summed E-state index contributed by atoms with van der Waals surface area (Å²) in [5.41, 5.74) is 2.10. The van der Waals surface area contributed by atoms with Crippen molar-refractivity contribution in [2.45, 2.75) is 18.4 Å². The van der Waals surface area contributed by atoms with E-state index in [0.29, 0.717) is 18.2 Å². The maximum absolute atomic E-state index is 12.2. The molecule has 114 valence electrons. The van der Waals surface area contributed by atoms with Gasteiger partial charge in [-0.1, -0.05) is 28.1 Å². The molecule has 0 spiro atoms. The highest BCUT2D eigenvalue weighted by atomic mass is 79.9. The molecule has 2 bridgehead atoms. The van der Waals surface area contributed by atoms with E-state index in [-0.39, 0.29) is 11.5 Å². The van der Waals surface area contributed by atoms with Gasteiger partial charge in [0.1, 0.15) is 5.69 Å². The average Bonchev–Trinajstić information content (AvgIpc) is 3.20. The van der Waals surface area contributed by atoms with Gasteiger partial charge in [-0.05, 0) is 37.0 Å². The van der Waals surface area contributed by atoms with Crippen LogP contribution in [0.5, 0.6) is 0 Å². The highest BCUT2D eigenvalue weighted by Crippen LogP contribution is 2.47. The lowest BCUT2D eigenvalue weighted by Crippen LogP contribution is -2.47. The molecule has 5 rings (SSSR count). The number of nitrogens with one attached hydrogen (secondary N) is 2. The van der Waals surface area contributed by atoms with Crippen LogP contribution in [-0.2, 0) is 4.74 Å². The Labute approximate surface area is 136 Å². The summed E-state index contributed by atoms with van der Waals surface area (Å²) in [6.45, 7) is 1.42. The summed E-state index contributed by atoms with van der Waals surface area (Å²) in [5, 5.41) is 9.97. The van der Waals surface area contributed by atoms with Gasteiger partial charge in [0.05, 0.1) is 17.9 Å². The van der Waals surface area contributed by atoms with E-state index in [9.17, 15) is 4.79 Å². The maximum atomic E-state index is 12.2. The van der Waals surface area contributed by atoms with Crippen LogP contribution >= 0.6 is 15.9 Å². The molecule has 1 amide bonds. The Hall–Kier alpha value is -1.66. The number of fused-ring (bicyclic) bond motifs is 1. The Morgan fingerprint density at radius 2 is 2.18 bits per heavy atom. The molecule has 1 saturated carbocycles. The smallest absolute Gasteiger partial charge is 0.269 e. The zero-order chi connectivity index (χ0) is 15.2. The number of hydrogen-bond acceptors (Lipinski definition) is 3. The molecule has 6 heteroatoms. The number of nitrogens with zero attached hydrogens (tertiary/aromatic N) is 1. The van der Waals surface area contributed by atoms with Gasteiger partial charge in [-0.3, -0.25) is 9.89 Å². The molecule has 3 aliphatic rings. The Kier molecular flexibility index (Phi) is 3.31. The molecule has 2 aromatic rings. The minimum absolute atomic E-state index is 0.102. The molecule has 0 radical (unpaired) electrons. The Morgan fingerprint density at radius 3 is 2.86 bits per heavy atom. The molecule has 2 aliphatic heterocycles. The van der Waals surface area contributed by atoms with Gasteiger partial charge in [0.2, 0.25) is 0 Å². The minimum atomic E-state index is -0.135. The zero-order valence-corrected chi connectivity index (χ0v) is 13.5. The molecular formula is C16H16BrN3O2. The van der Waals surface area contributed by atoms with Crippen molar-refractivity contribution in [2.24, 2.45) is 5.92 Å². The first-order valence-corrected chi connectivity index (χ1v) is 8.16. The van der Waals surface area contributed by atoms with Crippen molar-refractivity contribution in [3.63, 3.8) is 0 Å². The number of carbonyl (C=O) groups is 1. The summed E-state index contributed by atoms with van der Waals surface area (Å²) in [6.07, 6.45) is 2.14. The third-order valence-corrected chi connectivity index (χ3v) is 5.01. The molecule has 5 nitrogen and oxygen atoms in total. The minimum Gasteiger partial charge on any atom is -0.373 e. The van der Waals surface area contributed by atoms with Gasteiger partial charge < -0.3 is 10.1 Å². The third-order valence-electron chi connectivity index (χ3n) is 4.48. The van der Waals surface area contributed by atoms with Gasteiger partial charge in [-0.25, -0.2) is 0 Å². The van der Waals surface area contributed by atoms with Crippen LogP contribution in [0.4, 0.5) is 0 Å². The van der Waals surface area contributed by atoms with E-state index in [1.807, 2.05) is 24.3 Å². The summed E-state index contributed by atoms with van der Waals surface area (Å²) in [6, 6.07) is 9.60. The van der Waals surface area contributed by atoms with E-state index >= 15 is 0 Å². The summed E-state index contributed by atoms with van der Waals surface area (Å²) in [7, 11) is 0. The number of rotatable bonds is 4. The molecule has 1 aromatic carbocycles. The largest absolute Gasteiger partial charge is 0.373 e. The number of aromatic nitrogens is 2. The SMILES string of the molecule is O=C(NCC12CC(CO1)C2)c1cc(-c2ccc(Br)cc2)n[nH]1. The quantitative estimate of drug-likeness (QED) is 0.879. The lowest BCUT2D eigenvalue weighted by Gasteiger charge is -2.35. The van der Waals surface area contributed by atoms with Gasteiger partial charge in [0.15, 0.2) is 0 Å². The van der Waals surface area contributed by atoms with Crippen LogP contribution in [0.15, 0.2) is 34.8 Å². The molecule has 1 aromatic heterocycles. The predicted octanol–water partition coefficient (Wildman–Crippen LogP) is 2.75. The normalized spacial score (nSPS) is 25.8. The van der Waals surface area contributed by atoms with E-state index in [1.165, 1.54) is 0 Å². The number of aromatic amines is 1. The number of H-pyrrole nitrogens is 1. The van der Waals surface area contributed by atoms with Crippen molar-refractivity contribution in [3.05, 3.63) is 40.5 Å². The van der Waals surface area contributed by atoms with Crippen molar-refractivity contribution >= 4 is 21.8 Å². The molecule has 22 heavy (non-hydrogen) atoms. The van der Waals surface area contributed by atoms with Gasteiger partial charge in [-0.15, -0.1) is 0 Å². The topological polar surface area (TPSA) is 67.0 Å². The van der Waals surface area contributed by atoms with Crippen LogP contribution < -0.4 is 5.32 Å². The molecule has 0 unspecified atom stereocenters. The highest BCUT2D eigenvalue weighted by Gasteiger charge is 2.51. The number of amides is 1. The highest BCUT2D eigenvalue weighted by molar-refractivity contribution is 9.10. The molecule has 3 heterocycles. The number of halogens is 1. The zero-order valence-electron chi connectivity index (χ0n) is 11.9. The van der Waals surface area contributed by atoms with Crippen molar-refractivity contribution in [3.8, 4) is 11.3 Å². The number of hydrogen-bond donors (Lipinski definition) is 2. The van der Waals surface area contributed by atoms with Crippen LogP contribution in [-0.4, -0.2) is 34.9 Å². The van der Waals surface area contributed by atoms with E-state index in [1.54, 1.807) is 6.07 Å². The van der Waals surface area contributed by atoms with Crippen molar-refractivity contribution in [2.75, 3.05) is 13.2 Å². The summed E-state index contributed by atoms with van der Waals surface area (Å²) in [4.78, 5) is 12.2. The van der Waals surface area contributed by atoms with Crippen LogP contribution in [0.25, 0.3) is 11.3 Å². The van der Waals surface area contributed by atoms with Crippen molar-refractivity contribution in [1.29, 1.82) is 0 Å². The Morgan fingerprint density at radius 1 is 1.41 bits per heavy atom. The predicted molar refractivity (Wildman–Crippen MR) is 85.5 cm³/mol.